The highest BCUT2D eigenvalue weighted by molar-refractivity contribution is 9.09. The molecule has 1 rings (SSSR count). The van der Waals surface area contributed by atoms with Crippen molar-refractivity contribution in [3.05, 3.63) is 0 Å². The van der Waals surface area contributed by atoms with Crippen molar-refractivity contribution in [3.63, 3.8) is 0 Å². The van der Waals surface area contributed by atoms with Gasteiger partial charge >= 0.3 is 0 Å². The summed E-state index contributed by atoms with van der Waals surface area (Å²) in [4.78, 5) is 0. The van der Waals surface area contributed by atoms with E-state index in [9.17, 15) is 0 Å². The van der Waals surface area contributed by atoms with E-state index in [0.717, 1.165) is 5.41 Å². The second kappa shape index (κ2) is 3.05. The molecule has 1 fully saturated rings. The zero-order valence-electron chi connectivity index (χ0n) is 6.12. The van der Waals surface area contributed by atoms with E-state index in [2.05, 4.69) is 22.9 Å². The minimum Gasteiger partial charge on any atom is -0.0928 e. The van der Waals surface area contributed by atoms with Gasteiger partial charge in [-0.25, -0.2) is 0 Å². The highest BCUT2D eigenvalue weighted by Gasteiger charge is 2.30. The van der Waals surface area contributed by atoms with Crippen LogP contribution in [-0.4, -0.2) is 5.33 Å². The average Bonchev–Trinajstić information content (AvgIpc) is 1.79. The highest BCUT2D eigenvalue weighted by atomic mass is 79.9. The normalized spacial score (nSPS) is 23.3. The maximum atomic E-state index is 3.46. The highest BCUT2D eigenvalue weighted by Crippen LogP contribution is 2.44. The van der Waals surface area contributed by atoms with E-state index in [1.165, 1.54) is 37.4 Å². The van der Waals surface area contributed by atoms with Crippen LogP contribution in [0.4, 0.5) is 0 Å². The molecule has 0 radical (unpaired) electrons. The van der Waals surface area contributed by atoms with Gasteiger partial charge in [0.1, 0.15) is 0 Å². The molecule has 0 atom stereocenters. The fourth-order valence-electron chi connectivity index (χ4n) is 1.52. The van der Waals surface area contributed by atoms with Gasteiger partial charge in [-0.1, -0.05) is 29.3 Å². The Bertz CT molecular complexity index is 84.6. The third kappa shape index (κ3) is 1.96. The van der Waals surface area contributed by atoms with Crippen LogP contribution in [0.3, 0.4) is 0 Å². The molecule has 1 heteroatoms. The number of alkyl halides is 1. The Morgan fingerprint density at radius 3 is 2.44 bits per heavy atom. The summed E-state index contributed by atoms with van der Waals surface area (Å²) in [5.74, 6) is 0. The summed E-state index contributed by atoms with van der Waals surface area (Å²) >= 11 is 3.46. The second-order valence-corrected chi connectivity index (χ2v) is 4.25. The molecule has 0 nitrogen and oxygen atoms in total. The van der Waals surface area contributed by atoms with E-state index >= 15 is 0 Å². The van der Waals surface area contributed by atoms with Crippen LogP contribution in [0.25, 0.3) is 0 Å². The van der Waals surface area contributed by atoms with E-state index in [1.54, 1.807) is 0 Å². The third-order valence-electron chi connectivity index (χ3n) is 2.47. The fraction of sp³-hybridized carbons (Fsp3) is 1.00. The van der Waals surface area contributed by atoms with Crippen LogP contribution < -0.4 is 0 Å². The maximum absolute atomic E-state index is 3.46. The van der Waals surface area contributed by atoms with Gasteiger partial charge in [-0.15, -0.1) is 0 Å². The van der Waals surface area contributed by atoms with E-state index in [4.69, 9.17) is 0 Å². The van der Waals surface area contributed by atoms with Gasteiger partial charge in [-0.3, -0.25) is 0 Å². The molecular formula is C8H15Br. The molecule has 54 valence electrons. The topological polar surface area (TPSA) is 0 Å². The summed E-state index contributed by atoms with van der Waals surface area (Å²) in [6.07, 6.45) is 7.20. The van der Waals surface area contributed by atoms with Crippen LogP contribution in [-0.2, 0) is 0 Å². The van der Waals surface area contributed by atoms with E-state index in [0.29, 0.717) is 0 Å². The van der Waals surface area contributed by atoms with Crippen molar-refractivity contribution < 1.29 is 0 Å². The molecule has 0 unspecified atom stereocenters. The van der Waals surface area contributed by atoms with Gasteiger partial charge in [0, 0.05) is 5.33 Å². The Balaban J connectivity index is 2.09. The first-order valence-electron chi connectivity index (χ1n) is 3.83. The summed E-state index contributed by atoms with van der Waals surface area (Å²) in [5.41, 5.74) is 0.744. The summed E-state index contributed by atoms with van der Waals surface area (Å²) in [7, 11) is 0. The molecule has 0 bridgehead atoms. The van der Waals surface area contributed by atoms with E-state index in [-0.39, 0.29) is 0 Å². The molecule has 0 saturated heterocycles. The molecule has 0 aromatic rings. The maximum Gasteiger partial charge on any atom is 0.00315 e. The van der Waals surface area contributed by atoms with Crippen molar-refractivity contribution in [3.8, 4) is 0 Å². The van der Waals surface area contributed by atoms with Crippen LogP contribution in [0.2, 0.25) is 0 Å². The first kappa shape index (κ1) is 7.59. The first-order valence-corrected chi connectivity index (χ1v) is 4.95. The molecule has 1 aliphatic rings. The van der Waals surface area contributed by atoms with Crippen molar-refractivity contribution in [2.75, 3.05) is 5.33 Å². The Kier molecular flexibility index (Phi) is 2.57. The molecule has 0 aromatic heterocycles. The second-order valence-electron chi connectivity index (χ2n) is 3.46. The van der Waals surface area contributed by atoms with Gasteiger partial charge in [0.05, 0.1) is 0 Å². The zero-order chi connectivity index (χ0) is 6.74. The average molecular weight is 191 g/mol. The summed E-state index contributed by atoms with van der Waals surface area (Å²) in [5, 5.41) is 1.18. The van der Waals surface area contributed by atoms with Crippen molar-refractivity contribution in [2.45, 2.75) is 39.0 Å². The van der Waals surface area contributed by atoms with Crippen molar-refractivity contribution >= 4 is 15.9 Å². The van der Waals surface area contributed by atoms with Crippen LogP contribution in [0, 0.1) is 5.41 Å². The molecule has 0 aromatic carbocycles. The Labute approximate surface area is 66.2 Å². The largest absolute Gasteiger partial charge is 0.0928 e. The summed E-state index contributed by atoms with van der Waals surface area (Å²) < 4.78 is 0. The third-order valence-corrected chi connectivity index (χ3v) is 3.04. The standard InChI is InChI=1S/C8H15Br/c1-8(4-2-5-8)6-3-7-9/h2-7H2,1H3. The molecule has 1 aliphatic carbocycles. The number of rotatable bonds is 3. The van der Waals surface area contributed by atoms with Gasteiger partial charge in [0.15, 0.2) is 0 Å². The molecular weight excluding hydrogens is 176 g/mol. The van der Waals surface area contributed by atoms with Crippen LogP contribution in [0.15, 0.2) is 0 Å². The Morgan fingerprint density at radius 1 is 1.44 bits per heavy atom. The van der Waals surface area contributed by atoms with Crippen LogP contribution in [0.5, 0.6) is 0 Å². The summed E-state index contributed by atoms with van der Waals surface area (Å²) in [6, 6.07) is 0. The quantitative estimate of drug-likeness (QED) is 0.600. The minimum atomic E-state index is 0.744. The van der Waals surface area contributed by atoms with Gasteiger partial charge in [0.25, 0.3) is 0 Å². The predicted molar refractivity (Wildman–Crippen MR) is 45.0 cm³/mol. The number of hydrogen-bond acceptors (Lipinski definition) is 0. The van der Waals surface area contributed by atoms with Crippen LogP contribution in [0.1, 0.15) is 39.0 Å². The zero-order valence-corrected chi connectivity index (χ0v) is 7.71. The molecule has 0 amide bonds. The lowest BCUT2D eigenvalue weighted by atomic mass is 9.68. The SMILES string of the molecule is CC1(CCCBr)CCC1. The molecule has 1 saturated carbocycles. The molecule has 9 heavy (non-hydrogen) atoms. The van der Waals surface area contributed by atoms with Gasteiger partial charge in [-0.05, 0) is 31.1 Å². The van der Waals surface area contributed by atoms with E-state index in [1.807, 2.05) is 0 Å². The smallest absolute Gasteiger partial charge is 0.00315 e. The van der Waals surface area contributed by atoms with Crippen molar-refractivity contribution in [1.29, 1.82) is 0 Å². The van der Waals surface area contributed by atoms with Gasteiger partial charge in [0.2, 0.25) is 0 Å². The van der Waals surface area contributed by atoms with Gasteiger partial charge < -0.3 is 0 Å². The fourth-order valence-corrected chi connectivity index (χ4v) is 1.80. The van der Waals surface area contributed by atoms with Crippen LogP contribution >= 0.6 is 15.9 Å². The molecule has 0 aliphatic heterocycles. The van der Waals surface area contributed by atoms with Crippen molar-refractivity contribution in [1.82, 2.24) is 0 Å². The Hall–Kier alpha value is 0.480. The molecule has 0 heterocycles. The predicted octanol–water partition coefficient (Wildman–Crippen LogP) is 3.35. The van der Waals surface area contributed by atoms with Gasteiger partial charge in [-0.2, -0.15) is 0 Å². The lowest BCUT2D eigenvalue weighted by molar-refractivity contribution is 0.146. The van der Waals surface area contributed by atoms with E-state index < -0.39 is 0 Å². The lowest BCUT2D eigenvalue weighted by Gasteiger charge is -2.38. The minimum absolute atomic E-state index is 0.744. The number of halogens is 1. The lowest BCUT2D eigenvalue weighted by Crippen LogP contribution is -2.25. The van der Waals surface area contributed by atoms with Crippen molar-refractivity contribution in [2.24, 2.45) is 5.41 Å². The molecule has 0 spiro atoms. The Morgan fingerprint density at radius 2 is 2.11 bits per heavy atom. The molecule has 0 N–H and O–H groups in total. The monoisotopic (exact) mass is 190 g/mol. The summed E-state index contributed by atoms with van der Waals surface area (Å²) in [6.45, 7) is 2.42. The first-order chi connectivity index (χ1) is 4.27. The number of hydrogen-bond donors (Lipinski definition) is 0.